The molecule has 0 aliphatic carbocycles. The van der Waals surface area contributed by atoms with Crippen molar-refractivity contribution in [2.75, 3.05) is 7.11 Å². The number of hydrogen-bond acceptors (Lipinski definition) is 4. The van der Waals surface area contributed by atoms with Gasteiger partial charge >= 0.3 is 5.97 Å². The van der Waals surface area contributed by atoms with E-state index in [1.165, 1.54) is 5.56 Å². The molecule has 0 bridgehead atoms. The van der Waals surface area contributed by atoms with E-state index in [9.17, 15) is 4.79 Å². The van der Waals surface area contributed by atoms with E-state index in [-0.39, 0.29) is 0 Å². The molecule has 2 aromatic rings. The molecule has 0 spiro atoms. The second-order valence-corrected chi connectivity index (χ2v) is 6.60. The molecule has 0 aromatic heterocycles. The summed E-state index contributed by atoms with van der Waals surface area (Å²) in [7, 11) is 1.58. The minimum atomic E-state index is -0.888. The van der Waals surface area contributed by atoms with Crippen molar-refractivity contribution >= 4 is 21.9 Å². The number of carboxylic acids is 1. The Morgan fingerprint density at radius 1 is 1.24 bits per heavy atom. The van der Waals surface area contributed by atoms with E-state index in [0.29, 0.717) is 24.7 Å². The van der Waals surface area contributed by atoms with Crippen LogP contribution in [0.2, 0.25) is 0 Å². The van der Waals surface area contributed by atoms with Crippen molar-refractivity contribution in [1.29, 1.82) is 0 Å². The van der Waals surface area contributed by atoms with Gasteiger partial charge in [-0.15, -0.1) is 0 Å². The first-order chi connectivity index (χ1) is 11.9. The summed E-state index contributed by atoms with van der Waals surface area (Å²) in [5, 5.41) is 11.9. The molecule has 0 fully saturated rings. The lowest BCUT2D eigenvalue weighted by molar-refractivity contribution is -0.139. The zero-order chi connectivity index (χ0) is 18.4. The third-order valence-electron chi connectivity index (χ3n) is 3.95. The van der Waals surface area contributed by atoms with Crippen molar-refractivity contribution in [2.24, 2.45) is 0 Å². The normalized spacial score (nSPS) is 11.8. The summed E-state index contributed by atoms with van der Waals surface area (Å²) in [4.78, 5) is 10.9. The second kappa shape index (κ2) is 8.87. The highest BCUT2D eigenvalue weighted by molar-refractivity contribution is 9.10. The van der Waals surface area contributed by atoms with Gasteiger partial charge in [0.25, 0.3) is 0 Å². The zero-order valence-electron chi connectivity index (χ0n) is 14.5. The van der Waals surface area contributed by atoms with Gasteiger partial charge < -0.3 is 19.9 Å². The molecule has 0 saturated carbocycles. The van der Waals surface area contributed by atoms with Crippen LogP contribution in [0, 0.1) is 6.92 Å². The van der Waals surface area contributed by atoms with Gasteiger partial charge in [-0.1, -0.05) is 40.2 Å². The fourth-order valence-corrected chi connectivity index (χ4v) is 2.73. The van der Waals surface area contributed by atoms with E-state index in [0.717, 1.165) is 15.6 Å². The molecular weight excluding hydrogens is 386 g/mol. The number of methoxy groups -OCH3 is 1. The van der Waals surface area contributed by atoms with E-state index in [4.69, 9.17) is 14.6 Å². The highest BCUT2D eigenvalue weighted by Crippen LogP contribution is 2.34. The van der Waals surface area contributed by atoms with Crippen LogP contribution in [-0.4, -0.2) is 24.2 Å². The Kier molecular flexibility index (Phi) is 6.84. The lowest BCUT2D eigenvalue weighted by atomic mass is 10.1. The maximum atomic E-state index is 10.9. The van der Waals surface area contributed by atoms with Crippen LogP contribution in [0.1, 0.15) is 23.6 Å². The average Bonchev–Trinajstić information content (AvgIpc) is 2.59. The summed E-state index contributed by atoms with van der Waals surface area (Å²) >= 11 is 3.52. The Hall–Kier alpha value is -2.05. The van der Waals surface area contributed by atoms with E-state index in [1.54, 1.807) is 14.0 Å². The molecule has 0 saturated heterocycles. The molecule has 2 rings (SSSR count). The summed E-state index contributed by atoms with van der Waals surface area (Å²) in [5.41, 5.74) is 3.18. The lowest BCUT2D eigenvalue weighted by Gasteiger charge is -2.16. The number of hydrogen-bond donors (Lipinski definition) is 2. The Morgan fingerprint density at radius 2 is 1.96 bits per heavy atom. The first kappa shape index (κ1) is 19.3. The van der Waals surface area contributed by atoms with Crippen LogP contribution < -0.4 is 14.8 Å². The third-order valence-corrected chi connectivity index (χ3v) is 4.68. The first-order valence-corrected chi connectivity index (χ1v) is 8.71. The van der Waals surface area contributed by atoms with Crippen LogP contribution >= 0.6 is 15.9 Å². The first-order valence-electron chi connectivity index (χ1n) is 7.92. The summed E-state index contributed by atoms with van der Waals surface area (Å²) in [5.74, 6) is 0.352. The maximum Gasteiger partial charge on any atom is 0.320 e. The molecule has 1 atom stereocenters. The Bertz CT molecular complexity index is 748. The zero-order valence-corrected chi connectivity index (χ0v) is 16.1. The number of benzene rings is 2. The molecule has 0 aliphatic rings. The highest BCUT2D eigenvalue weighted by Gasteiger charge is 2.14. The van der Waals surface area contributed by atoms with Gasteiger partial charge in [0.05, 0.1) is 7.11 Å². The Balaban J connectivity index is 2.13. The Morgan fingerprint density at radius 3 is 2.60 bits per heavy atom. The second-order valence-electron chi connectivity index (χ2n) is 5.75. The quantitative estimate of drug-likeness (QED) is 0.694. The van der Waals surface area contributed by atoms with Crippen LogP contribution in [-0.2, 0) is 17.9 Å². The number of aryl methyl sites for hydroxylation is 1. The average molecular weight is 408 g/mol. The SMILES string of the molecule is COc1cc(CNC(C)C(=O)O)c(Br)cc1OCc1ccccc1C. The van der Waals surface area contributed by atoms with Gasteiger partial charge in [-0.25, -0.2) is 0 Å². The van der Waals surface area contributed by atoms with Crippen molar-refractivity contribution in [3.05, 3.63) is 57.6 Å². The van der Waals surface area contributed by atoms with Gasteiger partial charge in [-0.05, 0) is 42.7 Å². The van der Waals surface area contributed by atoms with Crippen LogP contribution in [0.25, 0.3) is 0 Å². The predicted molar refractivity (Wildman–Crippen MR) is 100 cm³/mol. The smallest absolute Gasteiger partial charge is 0.320 e. The highest BCUT2D eigenvalue weighted by atomic mass is 79.9. The third kappa shape index (κ3) is 5.21. The summed E-state index contributed by atoms with van der Waals surface area (Å²) < 4.78 is 12.2. The van der Waals surface area contributed by atoms with Crippen LogP contribution in [0.15, 0.2) is 40.9 Å². The molecule has 134 valence electrons. The number of carboxylic acid groups (broad SMARTS) is 1. The Labute approximate surface area is 156 Å². The van der Waals surface area contributed by atoms with Crippen LogP contribution in [0.3, 0.4) is 0 Å². The van der Waals surface area contributed by atoms with E-state index in [1.807, 2.05) is 43.3 Å². The monoisotopic (exact) mass is 407 g/mol. The maximum absolute atomic E-state index is 10.9. The largest absolute Gasteiger partial charge is 0.493 e. The standard InChI is InChI=1S/C19H22BrNO4/c1-12-6-4-5-7-14(12)11-25-18-9-16(20)15(8-17(18)24-3)10-21-13(2)19(22)23/h4-9,13,21H,10-11H2,1-3H3,(H,22,23). The minimum absolute atomic E-state index is 0.405. The molecule has 2 N–H and O–H groups in total. The van der Waals surface area contributed by atoms with E-state index >= 15 is 0 Å². The van der Waals surface area contributed by atoms with Gasteiger partial charge in [-0.3, -0.25) is 4.79 Å². The summed E-state index contributed by atoms with van der Waals surface area (Å²) in [6.07, 6.45) is 0. The number of carbonyl (C=O) groups is 1. The van der Waals surface area contributed by atoms with Crippen molar-refractivity contribution in [2.45, 2.75) is 33.0 Å². The summed E-state index contributed by atoms with van der Waals surface area (Å²) in [6.45, 7) is 4.50. The number of rotatable bonds is 8. The molecule has 0 amide bonds. The fourth-order valence-electron chi connectivity index (χ4n) is 2.26. The van der Waals surface area contributed by atoms with Gasteiger partial charge in [0, 0.05) is 11.0 Å². The van der Waals surface area contributed by atoms with Crippen LogP contribution in [0.5, 0.6) is 11.5 Å². The van der Waals surface area contributed by atoms with Crippen molar-refractivity contribution < 1.29 is 19.4 Å². The number of halogens is 1. The van der Waals surface area contributed by atoms with Crippen molar-refractivity contribution in [3.63, 3.8) is 0 Å². The topological polar surface area (TPSA) is 67.8 Å². The molecule has 25 heavy (non-hydrogen) atoms. The molecule has 5 nitrogen and oxygen atoms in total. The van der Waals surface area contributed by atoms with E-state index in [2.05, 4.69) is 21.2 Å². The van der Waals surface area contributed by atoms with Crippen molar-refractivity contribution in [1.82, 2.24) is 5.32 Å². The molecule has 0 radical (unpaired) electrons. The molecule has 0 heterocycles. The molecule has 0 aliphatic heterocycles. The van der Waals surface area contributed by atoms with Gasteiger partial charge in [-0.2, -0.15) is 0 Å². The number of ether oxygens (including phenoxy) is 2. The number of nitrogens with one attached hydrogen (secondary N) is 1. The minimum Gasteiger partial charge on any atom is -0.493 e. The molecular formula is C19H22BrNO4. The number of aliphatic carboxylic acids is 1. The van der Waals surface area contributed by atoms with Crippen LogP contribution in [0.4, 0.5) is 0 Å². The van der Waals surface area contributed by atoms with Crippen molar-refractivity contribution in [3.8, 4) is 11.5 Å². The van der Waals surface area contributed by atoms with Gasteiger partial charge in [0.15, 0.2) is 11.5 Å². The molecule has 2 aromatic carbocycles. The van der Waals surface area contributed by atoms with E-state index < -0.39 is 12.0 Å². The molecule has 1 unspecified atom stereocenters. The predicted octanol–water partition coefficient (Wildman–Crippen LogP) is 3.91. The van der Waals surface area contributed by atoms with Gasteiger partial charge in [0.2, 0.25) is 0 Å². The summed E-state index contributed by atoms with van der Waals surface area (Å²) in [6, 6.07) is 11.1. The lowest BCUT2D eigenvalue weighted by Crippen LogP contribution is -2.33. The molecule has 6 heteroatoms. The van der Waals surface area contributed by atoms with Gasteiger partial charge in [0.1, 0.15) is 12.6 Å². The fraction of sp³-hybridized carbons (Fsp3) is 0.316.